The van der Waals surface area contributed by atoms with Gasteiger partial charge < -0.3 is 21.4 Å². The zero-order valence-corrected chi connectivity index (χ0v) is 20.3. The number of thioether (sulfide) groups is 1. The number of aliphatic imine (C=N–C) groups is 1. The maximum Gasteiger partial charge on any atom is 0.286 e. The number of amidine groups is 1. The van der Waals surface area contributed by atoms with Gasteiger partial charge in [-0.2, -0.15) is 0 Å². The van der Waals surface area contributed by atoms with Crippen LogP contribution in [0.1, 0.15) is 39.2 Å². The number of rotatable bonds is 7. The van der Waals surface area contributed by atoms with Crippen molar-refractivity contribution in [2.75, 3.05) is 18.0 Å². The first-order valence-corrected chi connectivity index (χ1v) is 12.8. The van der Waals surface area contributed by atoms with E-state index in [4.69, 9.17) is 16.6 Å². The summed E-state index contributed by atoms with van der Waals surface area (Å²) in [5, 5.41) is 17.4. The van der Waals surface area contributed by atoms with E-state index in [1.807, 2.05) is 25.7 Å². The molecule has 13 heteroatoms. The summed E-state index contributed by atoms with van der Waals surface area (Å²) in [5.74, 6) is 0. The fraction of sp³-hybridized carbons (Fsp3) is 0.550. The molecular weight excluding hydrogens is 472 g/mol. The summed E-state index contributed by atoms with van der Waals surface area (Å²) in [6.45, 7) is 6.98. The third-order valence-corrected chi connectivity index (χ3v) is 7.80. The SMILES string of the molecule is C[C@H]1CN(c2cc(S(=O)(=O)NC3(C)CC3)cc(N=C(N)SC(=N)C(F)F)c2C=N)C[C@H](C)N1. The Morgan fingerprint density at radius 3 is 2.48 bits per heavy atom. The Labute approximate surface area is 196 Å². The summed E-state index contributed by atoms with van der Waals surface area (Å²) in [4.78, 5) is 6.06. The van der Waals surface area contributed by atoms with E-state index in [1.165, 1.54) is 12.1 Å². The molecule has 1 aromatic rings. The third kappa shape index (κ3) is 6.28. The van der Waals surface area contributed by atoms with Crippen LogP contribution in [0.2, 0.25) is 0 Å². The van der Waals surface area contributed by atoms with E-state index in [0.29, 0.717) is 36.1 Å². The number of alkyl halides is 2. The second-order valence-corrected chi connectivity index (χ2v) is 11.5. The molecule has 0 aromatic heterocycles. The van der Waals surface area contributed by atoms with Crippen LogP contribution in [0.25, 0.3) is 0 Å². The molecule has 0 unspecified atom stereocenters. The topological polar surface area (TPSA) is 148 Å². The minimum Gasteiger partial charge on any atom is -0.378 e. The van der Waals surface area contributed by atoms with E-state index < -0.39 is 27.0 Å². The molecule has 3 rings (SSSR count). The Balaban J connectivity index is 2.12. The summed E-state index contributed by atoms with van der Waals surface area (Å²) in [6, 6.07) is 3.04. The number of nitrogens with two attached hydrogens (primary N) is 1. The predicted octanol–water partition coefficient (Wildman–Crippen LogP) is 2.62. The lowest BCUT2D eigenvalue weighted by molar-refractivity contribution is 0.228. The van der Waals surface area contributed by atoms with Crippen LogP contribution in [0.4, 0.5) is 20.2 Å². The Morgan fingerprint density at radius 2 is 1.97 bits per heavy atom. The van der Waals surface area contributed by atoms with Gasteiger partial charge in [-0.15, -0.1) is 0 Å². The lowest BCUT2D eigenvalue weighted by atomic mass is 10.1. The second kappa shape index (κ2) is 9.65. The highest BCUT2D eigenvalue weighted by Crippen LogP contribution is 2.38. The quantitative estimate of drug-likeness (QED) is 0.287. The monoisotopic (exact) mass is 501 g/mol. The number of hydrogen-bond donors (Lipinski definition) is 5. The van der Waals surface area contributed by atoms with E-state index in [2.05, 4.69) is 15.0 Å². The molecule has 2 fully saturated rings. The van der Waals surface area contributed by atoms with Gasteiger partial charge in [0, 0.05) is 48.2 Å². The van der Waals surface area contributed by atoms with Crippen LogP contribution in [-0.4, -0.2) is 62.0 Å². The Kier molecular flexibility index (Phi) is 7.46. The summed E-state index contributed by atoms with van der Waals surface area (Å²) >= 11 is 0.295. The number of benzene rings is 1. The smallest absolute Gasteiger partial charge is 0.286 e. The molecule has 182 valence electrons. The van der Waals surface area contributed by atoms with Crippen LogP contribution in [0.3, 0.4) is 0 Å². The van der Waals surface area contributed by atoms with Gasteiger partial charge in [0.2, 0.25) is 10.0 Å². The van der Waals surface area contributed by atoms with E-state index in [1.54, 1.807) is 0 Å². The first-order chi connectivity index (χ1) is 15.3. The normalized spacial score (nSPS) is 23.0. The third-order valence-electron chi connectivity index (χ3n) is 5.49. The van der Waals surface area contributed by atoms with E-state index in [9.17, 15) is 17.2 Å². The molecule has 0 amide bonds. The number of hydrogen-bond acceptors (Lipinski definition) is 8. The zero-order valence-electron chi connectivity index (χ0n) is 18.7. The van der Waals surface area contributed by atoms with Crippen LogP contribution in [-0.2, 0) is 10.0 Å². The van der Waals surface area contributed by atoms with Crippen molar-refractivity contribution in [3.63, 3.8) is 0 Å². The van der Waals surface area contributed by atoms with E-state index in [0.717, 1.165) is 19.1 Å². The summed E-state index contributed by atoms with van der Waals surface area (Å²) < 4.78 is 54.5. The number of anilines is 1. The maximum absolute atomic E-state index is 13.1. The van der Waals surface area contributed by atoms with Gasteiger partial charge in [-0.1, -0.05) is 0 Å². The van der Waals surface area contributed by atoms with Crippen molar-refractivity contribution in [3.8, 4) is 0 Å². The highest BCUT2D eigenvalue weighted by molar-refractivity contribution is 8.26. The van der Waals surface area contributed by atoms with E-state index >= 15 is 0 Å². The number of halogens is 2. The number of piperazine rings is 1. The van der Waals surface area contributed by atoms with Gasteiger partial charge in [-0.05, 0) is 57.5 Å². The average Bonchev–Trinajstić information content (AvgIpc) is 3.41. The lowest BCUT2D eigenvalue weighted by Crippen LogP contribution is -2.54. The molecule has 1 heterocycles. The van der Waals surface area contributed by atoms with Crippen molar-refractivity contribution < 1.29 is 17.2 Å². The molecule has 1 aromatic carbocycles. The molecule has 0 radical (unpaired) electrons. The second-order valence-electron chi connectivity index (χ2n) is 8.78. The highest BCUT2D eigenvalue weighted by Gasteiger charge is 2.41. The van der Waals surface area contributed by atoms with Crippen molar-refractivity contribution in [3.05, 3.63) is 17.7 Å². The standard InChI is InChI=1S/C20H29F2N7O2S2/c1-11-9-29(10-12(2)26-11)16-7-13(33(30,31)28-20(3)4-5-20)6-15(14(16)8-23)27-19(25)32-18(24)17(21)22/h6-8,11-12,17,23-24,26,28H,4-5,9-10H2,1-3H3,(H2,25,27)/t11-,12-/m0/s1. The summed E-state index contributed by atoms with van der Waals surface area (Å²) in [6.07, 6.45) is -0.488. The fourth-order valence-corrected chi connectivity index (χ4v) is 5.71. The minimum absolute atomic E-state index is 0.0458. The first kappa shape index (κ1) is 25.5. The van der Waals surface area contributed by atoms with Crippen LogP contribution in [0, 0.1) is 10.8 Å². The van der Waals surface area contributed by atoms with Crippen LogP contribution in [0.5, 0.6) is 0 Å². The Bertz CT molecular complexity index is 1060. The molecule has 1 saturated heterocycles. The van der Waals surface area contributed by atoms with Crippen molar-refractivity contribution in [1.29, 1.82) is 10.8 Å². The molecule has 0 spiro atoms. The molecular formula is C20H29F2N7O2S2. The first-order valence-electron chi connectivity index (χ1n) is 10.5. The van der Waals surface area contributed by atoms with Gasteiger partial charge in [0.1, 0.15) is 5.04 Å². The number of sulfonamides is 1. The zero-order chi connectivity index (χ0) is 24.6. The van der Waals surface area contributed by atoms with Gasteiger partial charge in [0.15, 0.2) is 5.17 Å². The molecule has 2 atom stereocenters. The highest BCUT2D eigenvalue weighted by atomic mass is 32.2. The lowest BCUT2D eigenvalue weighted by Gasteiger charge is -2.38. The maximum atomic E-state index is 13.1. The molecule has 6 N–H and O–H groups in total. The molecule has 1 aliphatic heterocycles. The Morgan fingerprint density at radius 1 is 1.36 bits per heavy atom. The number of nitrogens with zero attached hydrogens (tertiary/aromatic N) is 2. The van der Waals surface area contributed by atoms with Gasteiger partial charge in [-0.3, -0.25) is 5.41 Å². The molecule has 1 saturated carbocycles. The van der Waals surface area contributed by atoms with Gasteiger partial charge >= 0.3 is 0 Å². The van der Waals surface area contributed by atoms with Crippen molar-refractivity contribution >= 4 is 49.6 Å². The fourth-order valence-electron chi connectivity index (χ4n) is 3.75. The van der Waals surface area contributed by atoms with Crippen molar-refractivity contribution in [2.24, 2.45) is 10.7 Å². The number of nitrogens with one attached hydrogen (secondary N) is 4. The Hall–Kier alpha value is -2.09. The van der Waals surface area contributed by atoms with Gasteiger partial charge in [0.05, 0.1) is 10.6 Å². The minimum atomic E-state index is -3.91. The van der Waals surface area contributed by atoms with Crippen molar-refractivity contribution in [1.82, 2.24) is 10.0 Å². The van der Waals surface area contributed by atoms with Crippen molar-refractivity contribution in [2.45, 2.75) is 62.6 Å². The largest absolute Gasteiger partial charge is 0.378 e. The van der Waals surface area contributed by atoms with Gasteiger partial charge in [0.25, 0.3) is 6.43 Å². The molecule has 9 nitrogen and oxygen atoms in total. The molecule has 1 aliphatic carbocycles. The average molecular weight is 502 g/mol. The van der Waals surface area contributed by atoms with Crippen LogP contribution in [0.15, 0.2) is 22.0 Å². The van der Waals surface area contributed by atoms with E-state index in [-0.39, 0.29) is 27.8 Å². The summed E-state index contributed by atoms with van der Waals surface area (Å²) in [5.41, 5.74) is 6.17. The van der Waals surface area contributed by atoms with Crippen LogP contribution < -0.4 is 20.7 Å². The van der Waals surface area contributed by atoms with Crippen LogP contribution >= 0.6 is 11.8 Å². The molecule has 33 heavy (non-hydrogen) atoms. The molecule has 2 aliphatic rings. The summed E-state index contributed by atoms with van der Waals surface area (Å²) in [7, 11) is -3.91. The molecule has 0 bridgehead atoms. The predicted molar refractivity (Wildman–Crippen MR) is 129 cm³/mol. The van der Waals surface area contributed by atoms with Gasteiger partial charge in [-0.25, -0.2) is 26.9 Å².